The summed E-state index contributed by atoms with van der Waals surface area (Å²) < 4.78 is 2.35. The lowest BCUT2D eigenvalue weighted by Gasteiger charge is -2.10. The monoisotopic (exact) mass is 705 g/mol. The second-order valence-corrected chi connectivity index (χ2v) is 13.2. The van der Waals surface area contributed by atoms with E-state index in [1.807, 2.05) is 66.7 Å². The van der Waals surface area contributed by atoms with E-state index < -0.39 is 0 Å². The third-order valence-corrected chi connectivity index (χ3v) is 9.76. The van der Waals surface area contributed by atoms with Gasteiger partial charge in [0.2, 0.25) is 0 Å². The standard InChI is InChI=1S/C50H35N5/c1-2-51-32-12-13-35-22-24-38(25-23-35)49-52-48(37-14-5-3-6-15-37)53-50(54-49)39-28-26-36(27-29-39)40-16-11-17-41(33-40)42-30-31-47-45(34-42)44-20-9-10-21-46(44)55(47)43-18-7-4-8-19-43/h2-34H,1H2/b13-12+,51-32?. The van der Waals surface area contributed by atoms with Gasteiger partial charge in [-0.1, -0.05) is 152 Å². The van der Waals surface area contributed by atoms with Crippen LogP contribution < -0.4 is 0 Å². The topological polar surface area (TPSA) is 56.0 Å². The number of aliphatic imine (C=N–C) groups is 1. The molecule has 7 aromatic carbocycles. The summed E-state index contributed by atoms with van der Waals surface area (Å²) in [7, 11) is 0. The van der Waals surface area contributed by atoms with E-state index in [1.54, 1.807) is 6.21 Å². The van der Waals surface area contributed by atoms with Crippen molar-refractivity contribution in [2.24, 2.45) is 4.99 Å². The fraction of sp³-hybridized carbons (Fsp3) is 0. The van der Waals surface area contributed by atoms with Gasteiger partial charge in [-0.25, -0.2) is 15.0 Å². The number of rotatable bonds is 9. The normalized spacial score (nSPS) is 11.6. The van der Waals surface area contributed by atoms with Crippen molar-refractivity contribution < 1.29 is 0 Å². The van der Waals surface area contributed by atoms with E-state index in [1.165, 1.54) is 39.1 Å². The van der Waals surface area contributed by atoms with Crippen LogP contribution in [0.15, 0.2) is 200 Å². The van der Waals surface area contributed by atoms with Crippen LogP contribution in [0, 0.1) is 0 Å². The molecule has 0 aliphatic rings. The molecule has 0 atom stereocenters. The molecule has 0 bridgehead atoms. The van der Waals surface area contributed by atoms with E-state index in [0.717, 1.165) is 39.1 Å². The Morgan fingerprint density at radius 1 is 0.436 bits per heavy atom. The van der Waals surface area contributed by atoms with E-state index in [4.69, 9.17) is 15.0 Å². The molecular formula is C50H35N5. The summed E-state index contributed by atoms with van der Waals surface area (Å²) in [5.74, 6) is 1.87. The lowest BCUT2D eigenvalue weighted by atomic mass is 9.97. The maximum atomic E-state index is 4.97. The van der Waals surface area contributed by atoms with Gasteiger partial charge in [0.25, 0.3) is 0 Å². The maximum absolute atomic E-state index is 4.97. The van der Waals surface area contributed by atoms with Gasteiger partial charge in [-0.15, -0.1) is 0 Å². The molecule has 0 aliphatic carbocycles. The second kappa shape index (κ2) is 14.9. The zero-order valence-corrected chi connectivity index (χ0v) is 30.0. The Bertz CT molecular complexity index is 2850. The van der Waals surface area contributed by atoms with Crippen LogP contribution in [0.5, 0.6) is 0 Å². The highest BCUT2D eigenvalue weighted by molar-refractivity contribution is 6.10. The summed E-state index contributed by atoms with van der Waals surface area (Å²) in [6.45, 7) is 3.61. The summed E-state index contributed by atoms with van der Waals surface area (Å²) in [5.41, 5.74) is 12.0. The van der Waals surface area contributed by atoms with Crippen LogP contribution in [0.1, 0.15) is 5.56 Å². The molecule has 0 unspecified atom stereocenters. The molecule has 0 saturated heterocycles. The number of allylic oxidation sites excluding steroid dienone is 1. The Balaban J connectivity index is 1.04. The largest absolute Gasteiger partial charge is 0.309 e. The third-order valence-electron chi connectivity index (χ3n) is 9.76. The van der Waals surface area contributed by atoms with Crippen LogP contribution in [0.3, 0.4) is 0 Å². The Hall–Kier alpha value is -7.50. The first kappa shape index (κ1) is 33.3. The molecule has 0 spiro atoms. The lowest BCUT2D eigenvalue weighted by molar-refractivity contribution is 1.07. The Morgan fingerprint density at radius 3 is 1.64 bits per heavy atom. The molecule has 2 aromatic heterocycles. The highest BCUT2D eigenvalue weighted by Gasteiger charge is 2.15. The smallest absolute Gasteiger partial charge is 0.164 e. The number of nitrogens with zero attached hydrogens (tertiary/aromatic N) is 5. The molecule has 55 heavy (non-hydrogen) atoms. The van der Waals surface area contributed by atoms with Gasteiger partial charge >= 0.3 is 0 Å². The van der Waals surface area contributed by atoms with Crippen LogP contribution in [0.25, 0.3) is 90.0 Å². The minimum Gasteiger partial charge on any atom is -0.309 e. The molecule has 0 radical (unpaired) electrons. The van der Waals surface area contributed by atoms with E-state index in [2.05, 4.69) is 137 Å². The molecule has 0 saturated carbocycles. The SMILES string of the molecule is C=CN=C/C=C/c1ccc(-c2nc(-c3ccccc3)nc(-c3ccc(-c4cccc(-c5ccc6c(c5)c5ccccc5n6-c5ccccc5)c4)cc3)n2)cc1. The van der Waals surface area contributed by atoms with Crippen molar-refractivity contribution in [2.75, 3.05) is 0 Å². The van der Waals surface area contributed by atoms with Gasteiger partial charge < -0.3 is 4.57 Å². The molecule has 0 N–H and O–H groups in total. The molecule has 0 aliphatic heterocycles. The van der Waals surface area contributed by atoms with E-state index >= 15 is 0 Å². The van der Waals surface area contributed by atoms with E-state index in [0.29, 0.717) is 17.5 Å². The van der Waals surface area contributed by atoms with Gasteiger partial charge in [-0.05, 0) is 70.3 Å². The van der Waals surface area contributed by atoms with Crippen molar-refractivity contribution in [1.82, 2.24) is 19.5 Å². The lowest BCUT2D eigenvalue weighted by Crippen LogP contribution is -2.00. The molecule has 9 rings (SSSR count). The first-order valence-corrected chi connectivity index (χ1v) is 18.2. The van der Waals surface area contributed by atoms with Gasteiger partial charge in [-0.2, -0.15) is 0 Å². The fourth-order valence-corrected chi connectivity index (χ4v) is 7.06. The molecular weight excluding hydrogens is 671 g/mol. The van der Waals surface area contributed by atoms with Crippen molar-refractivity contribution in [3.05, 3.63) is 200 Å². The predicted octanol–water partition coefficient (Wildman–Crippen LogP) is 12.5. The average Bonchev–Trinajstić information content (AvgIpc) is 3.60. The van der Waals surface area contributed by atoms with Gasteiger partial charge in [0.15, 0.2) is 17.5 Å². The Kier molecular flexibility index (Phi) is 9.01. The van der Waals surface area contributed by atoms with Crippen LogP contribution >= 0.6 is 0 Å². The maximum Gasteiger partial charge on any atom is 0.164 e. The van der Waals surface area contributed by atoms with Gasteiger partial charge in [0, 0.05) is 45.6 Å². The predicted molar refractivity (Wildman–Crippen MR) is 229 cm³/mol. The van der Waals surface area contributed by atoms with Gasteiger partial charge in [0.05, 0.1) is 11.0 Å². The highest BCUT2D eigenvalue weighted by Crippen LogP contribution is 2.36. The summed E-state index contributed by atoms with van der Waals surface area (Å²) in [6.07, 6.45) is 7.10. The van der Waals surface area contributed by atoms with E-state index in [-0.39, 0.29) is 0 Å². The molecule has 260 valence electrons. The molecule has 5 nitrogen and oxygen atoms in total. The first-order chi connectivity index (χ1) is 27.2. The van der Waals surface area contributed by atoms with Crippen LogP contribution in [-0.2, 0) is 0 Å². The molecule has 9 aromatic rings. The van der Waals surface area contributed by atoms with Gasteiger partial charge in [0.1, 0.15) is 0 Å². The zero-order chi connectivity index (χ0) is 37.0. The summed E-state index contributed by atoms with van der Waals surface area (Å²) in [4.78, 5) is 18.8. The molecule has 2 heterocycles. The minimum atomic E-state index is 0.619. The molecule has 0 fully saturated rings. The molecule has 5 heteroatoms. The Labute approximate surface area is 320 Å². The van der Waals surface area contributed by atoms with Crippen LogP contribution in [0.2, 0.25) is 0 Å². The number of hydrogen-bond acceptors (Lipinski definition) is 4. The minimum absolute atomic E-state index is 0.619. The molecule has 0 amide bonds. The summed E-state index contributed by atoms with van der Waals surface area (Å²) >= 11 is 0. The Morgan fingerprint density at radius 2 is 0.945 bits per heavy atom. The fourth-order valence-electron chi connectivity index (χ4n) is 7.06. The highest BCUT2D eigenvalue weighted by atomic mass is 15.0. The van der Waals surface area contributed by atoms with Crippen molar-refractivity contribution in [2.45, 2.75) is 0 Å². The second-order valence-electron chi connectivity index (χ2n) is 13.2. The third kappa shape index (κ3) is 6.78. The summed E-state index contributed by atoms with van der Waals surface area (Å²) in [6, 6.07) is 61.5. The zero-order valence-electron chi connectivity index (χ0n) is 30.0. The van der Waals surface area contributed by atoms with E-state index in [9.17, 15) is 0 Å². The summed E-state index contributed by atoms with van der Waals surface area (Å²) in [5, 5.41) is 2.48. The van der Waals surface area contributed by atoms with Crippen LogP contribution in [0.4, 0.5) is 0 Å². The average molecular weight is 706 g/mol. The van der Waals surface area contributed by atoms with Crippen molar-refractivity contribution in [3.63, 3.8) is 0 Å². The van der Waals surface area contributed by atoms with Crippen molar-refractivity contribution in [3.8, 4) is 62.1 Å². The van der Waals surface area contributed by atoms with Gasteiger partial charge in [-0.3, -0.25) is 4.99 Å². The number of aromatic nitrogens is 4. The quantitative estimate of drug-likeness (QED) is 0.140. The van der Waals surface area contributed by atoms with Crippen molar-refractivity contribution >= 4 is 34.1 Å². The first-order valence-electron chi connectivity index (χ1n) is 18.2. The van der Waals surface area contributed by atoms with Crippen LogP contribution in [-0.4, -0.2) is 25.7 Å². The number of fused-ring (bicyclic) bond motifs is 3. The number of benzene rings is 7. The number of para-hydroxylation sites is 2. The number of hydrogen-bond donors (Lipinski definition) is 0. The van der Waals surface area contributed by atoms with Crippen molar-refractivity contribution in [1.29, 1.82) is 0 Å².